The number of ether oxygens (including phenoxy) is 1. The van der Waals surface area contributed by atoms with Crippen molar-refractivity contribution >= 4 is 11.8 Å². The molecule has 6 heteroatoms. The SMILES string of the molecule is CNC(=O)C1(C)CN(C(=O)c2cccnc2)CCO1. The van der Waals surface area contributed by atoms with Crippen LogP contribution in [-0.2, 0) is 9.53 Å². The predicted molar refractivity (Wildman–Crippen MR) is 68.6 cm³/mol. The molecule has 0 bridgehead atoms. The molecule has 0 radical (unpaired) electrons. The number of carbonyl (C=O) groups excluding carboxylic acids is 2. The van der Waals surface area contributed by atoms with E-state index in [-0.39, 0.29) is 18.4 Å². The number of hydrogen-bond donors (Lipinski definition) is 1. The number of morpholine rings is 1. The molecule has 6 nitrogen and oxygen atoms in total. The van der Waals surface area contributed by atoms with Gasteiger partial charge in [-0.3, -0.25) is 14.6 Å². The summed E-state index contributed by atoms with van der Waals surface area (Å²) in [6.07, 6.45) is 3.14. The van der Waals surface area contributed by atoms with Crippen molar-refractivity contribution < 1.29 is 14.3 Å². The molecular formula is C13H17N3O3. The number of nitrogens with zero attached hydrogens (tertiary/aromatic N) is 2. The Kier molecular flexibility index (Phi) is 3.80. The molecule has 2 heterocycles. The molecular weight excluding hydrogens is 246 g/mol. The first-order valence-corrected chi connectivity index (χ1v) is 6.12. The molecule has 1 aromatic heterocycles. The van der Waals surface area contributed by atoms with Crippen molar-refractivity contribution in [2.75, 3.05) is 26.7 Å². The fourth-order valence-electron chi connectivity index (χ4n) is 2.12. The third-order valence-electron chi connectivity index (χ3n) is 3.18. The molecule has 1 saturated heterocycles. The number of pyridine rings is 1. The second-order valence-corrected chi connectivity index (χ2v) is 4.63. The molecule has 102 valence electrons. The molecule has 1 unspecified atom stereocenters. The molecule has 1 atom stereocenters. The van der Waals surface area contributed by atoms with Gasteiger partial charge in [0.1, 0.15) is 0 Å². The van der Waals surface area contributed by atoms with Crippen LogP contribution in [-0.4, -0.2) is 54.0 Å². The van der Waals surface area contributed by atoms with Crippen molar-refractivity contribution in [1.29, 1.82) is 0 Å². The minimum absolute atomic E-state index is 0.133. The van der Waals surface area contributed by atoms with E-state index < -0.39 is 5.60 Å². The molecule has 0 saturated carbocycles. The zero-order valence-corrected chi connectivity index (χ0v) is 11.0. The van der Waals surface area contributed by atoms with Crippen LogP contribution >= 0.6 is 0 Å². The van der Waals surface area contributed by atoms with E-state index in [1.54, 1.807) is 37.2 Å². The second-order valence-electron chi connectivity index (χ2n) is 4.63. The zero-order valence-electron chi connectivity index (χ0n) is 11.0. The quantitative estimate of drug-likeness (QED) is 0.819. The first-order valence-electron chi connectivity index (χ1n) is 6.12. The molecule has 0 aromatic carbocycles. The second kappa shape index (κ2) is 5.36. The van der Waals surface area contributed by atoms with Gasteiger partial charge in [0.05, 0.1) is 18.7 Å². The standard InChI is InChI=1S/C13H17N3O3/c1-13(12(18)14-2)9-16(6-7-19-13)11(17)10-4-3-5-15-8-10/h3-5,8H,6-7,9H2,1-2H3,(H,14,18). The molecule has 0 aliphatic carbocycles. The lowest BCUT2D eigenvalue weighted by molar-refractivity contribution is -0.153. The minimum atomic E-state index is -0.995. The Morgan fingerprint density at radius 1 is 1.53 bits per heavy atom. The smallest absolute Gasteiger partial charge is 0.255 e. The van der Waals surface area contributed by atoms with Crippen LogP contribution in [0.4, 0.5) is 0 Å². The van der Waals surface area contributed by atoms with Crippen molar-refractivity contribution in [2.24, 2.45) is 0 Å². The lowest BCUT2D eigenvalue weighted by Crippen LogP contribution is -2.58. The van der Waals surface area contributed by atoms with Gasteiger partial charge in [-0.2, -0.15) is 0 Å². The van der Waals surface area contributed by atoms with Crippen LogP contribution in [0.1, 0.15) is 17.3 Å². The van der Waals surface area contributed by atoms with E-state index in [1.807, 2.05) is 0 Å². The predicted octanol–water partition coefficient (Wildman–Crippen LogP) is 0.0587. The third kappa shape index (κ3) is 2.73. The third-order valence-corrected chi connectivity index (χ3v) is 3.18. The molecule has 19 heavy (non-hydrogen) atoms. The molecule has 1 aliphatic rings. The highest BCUT2D eigenvalue weighted by atomic mass is 16.5. The first kappa shape index (κ1) is 13.5. The van der Waals surface area contributed by atoms with Crippen molar-refractivity contribution in [3.8, 4) is 0 Å². The lowest BCUT2D eigenvalue weighted by Gasteiger charge is -2.39. The average molecular weight is 263 g/mol. The molecule has 1 fully saturated rings. The Morgan fingerprint density at radius 3 is 2.95 bits per heavy atom. The van der Waals surface area contributed by atoms with Crippen molar-refractivity contribution in [1.82, 2.24) is 15.2 Å². The maximum atomic E-state index is 12.3. The summed E-state index contributed by atoms with van der Waals surface area (Å²) in [6.45, 7) is 2.74. The zero-order chi connectivity index (χ0) is 13.9. The monoisotopic (exact) mass is 263 g/mol. The molecule has 1 aliphatic heterocycles. The van der Waals surface area contributed by atoms with E-state index in [4.69, 9.17) is 4.74 Å². The van der Waals surface area contributed by atoms with Gasteiger partial charge in [0.25, 0.3) is 11.8 Å². The Morgan fingerprint density at radius 2 is 2.32 bits per heavy atom. The number of carbonyl (C=O) groups is 2. The molecule has 0 spiro atoms. The lowest BCUT2D eigenvalue weighted by atomic mass is 10.0. The van der Waals surface area contributed by atoms with Gasteiger partial charge in [0.15, 0.2) is 5.60 Å². The van der Waals surface area contributed by atoms with Crippen molar-refractivity contribution in [3.05, 3.63) is 30.1 Å². The van der Waals surface area contributed by atoms with Crippen LogP contribution in [0, 0.1) is 0 Å². The summed E-state index contributed by atoms with van der Waals surface area (Å²) in [5, 5.41) is 2.56. The Balaban J connectivity index is 2.14. The molecule has 2 rings (SSSR count). The topological polar surface area (TPSA) is 71.5 Å². The number of amides is 2. The summed E-state index contributed by atoms with van der Waals surface area (Å²) in [7, 11) is 1.55. The highest BCUT2D eigenvalue weighted by Gasteiger charge is 2.40. The maximum absolute atomic E-state index is 12.3. The van der Waals surface area contributed by atoms with Gasteiger partial charge < -0.3 is 15.0 Å². The van der Waals surface area contributed by atoms with Crippen LogP contribution in [0.15, 0.2) is 24.5 Å². The summed E-state index contributed by atoms with van der Waals surface area (Å²) in [5.41, 5.74) is -0.478. The Bertz CT molecular complexity index is 477. The first-order chi connectivity index (χ1) is 9.07. The molecule has 2 amide bonds. The van der Waals surface area contributed by atoms with E-state index >= 15 is 0 Å². The van der Waals surface area contributed by atoms with Gasteiger partial charge in [-0.05, 0) is 19.1 Å². The van der Waals surface area contributed by atoms with Crippen LogP contribution < -0.4 is 5.32 Å². The highest BCUT2D eigenvalue weighted by molar-refractivity contribution is 5.95. The van der Waals surface area contributed by atoms with Crippen molar-refractivity contribution in [3.63, 3.8) is 0 Å². The van der Waals surface area contributed by atoms with Crippen LogP contribution in [0.2, 0.25) is 0 Å². The van der Waals surface area contributed by atoms with Crippen LogP contribution in [0.25, 0.3) is 0 Å². The molecule has 1 N–H and O–H groups in total. The highest BCUT2D eigenvalue weighted by Crippen LogP contribution is 2.19. The minimum Gasteiger partial charge on any atom is -0.362 e. The fourth-order valence-corrected chi connectivity index (χ4v) is 2.12. The fraction of sp³-hybridized carbons (Fsp3) is 0.462. The van der Waals surface area contributed by atoms with Gasteiger partial charge in [0, 0.05) is 26.0 Å². The van der Waals surface area contributed by atoms with Crippen molar-refractivity contribution in [2.45, 2.75) is 12.5 Å². The van der Waals surface area contributed by atoms with Crippen LogP contribution in [0.3, 0.4) is 0 Å². The summed E-state index contributed by atoms with van der Waals surface area (Å²) in [6, 6.07) is 3.42. The van der Waals surface area contributed by atoms with Gasteiger partial charge in [-0.25, -0.2) is 0 Å². The number of rotatable bonds is 2. The number of likely N-dealkylation sites (N-methyl/N-ethyl adjacent to an activating group) is 1. The van der Waals surface area contributed by atoms with E-state index in [0.29, 0.717) is 18.7 Å². The van der Waals surface area contributed by atoms with Gasteiger partial charge in [0.2, 0.25) is 0 Å². The summed E-state index contributed by atoms with van der Waals surface area (Å²) < 4.78 is 5.51. The average Bonchev–Trinajstić information content (AvgIpc) is 2.46. The summed E-state index contributed by atoms with van der Waals surface area (Å²) >= 11 is 0. The number of hydrogen-bond acceptors (Lipinski definition) is 4. The van der Waals surface area contributed by atoms with E-state index in [0.717, 1.165) is 0 Å². The van der Waals surface area contributed by atoms with E-state index in [1.165, 1.54) is 6.20 Å². The van der Waals surface area contributed by atoms with E-state index in [9.17, 15) is 9.59 Å². The van der Waals surface area contributed by atoms with Gasteiger partial charge >= 0.3 is 0 Å². The summed E-state index contributed by atoms with van der Waals surface area (Å²) in [5.74, 6) is -0.359. The number of aromatic nitrogens is 1. The maximum Gasteiger partial charge on any atom is 0.255 e. The number of nitrogens with one attached hydrogen (secondary N) is 1. The largest absolute Gasteiger partial charge is 0.362 e. The normalized spacial score (nSPS) is 22.9. The van der Waals surface area contributed by atoms with Gasteiger partial charge in [-0.1, -0.05) is 0 Å². The Labute approximate surface area is 111 Å². The molecule has 1 aromatic rings. The van der Waals surface area contributed by atoms with Gasteiger partial charge in [-0.15, -0.1) is 0 Å². The van der Waals surface area contributed by atoms with Crippen LogP contribution in [0.5, 0.6) is 0 Å². The summed E-state index contributed by atoms with van der Waals surface area (Å²) in [4.78, 5) is 29.7. The van der Waals surface area contributed by atoms with E-state index in [2.05, 4.69) is 10.3 Å². The Hall–Kier alpha value is -1.95.